The largest absolute Gasteiger partial charge is 0.396 e. The first kappa shape index (κ1) is 10.4. The number of likely N-dealkylation sites (tertiary alicyclic amines) is 1. The molecule has 0 amide bonds. The molecule has 0 aromatic carbocycles. The van der Waals surface area contributed by atoms with E-state index in [1.54, 1.807) is 0 Å². The van der Waals surface area contributed by atoms with Crippen molar-refractivity contribution in [3.05, 3.63) is 0 Å². The summed E-state index contributed by atoms with van der Waals surface area (Å²) in [5.41, 5.74) is 0. The molecule has 0 bridgehead atoms. The number of nitrogens with zero attached hydrogens (tertiary/aromatic N) is 1. The number of aliphatic hydroxyl groups is 1. The number of rotatable bonds is 2. The second-order valence-electron chi connectivity index (χ2n) is 5.26. The molecule has 2 nitrogen and oxygen atoms in total. The number of piperidine rings is 1. The molecule has 0 spiro atoms. The lowest BCUT2D eigenvalue weighted by molar-refractivity contribution is 0.0885. The van der Waals surface area contributed by atoms with Crippen LogP contribution in [-0.4, -0.2) is 35.7 Å². The third-order valence-corrected chi connectivity index (χ3v) is 3.99. The Morgan fingerprint density at radius 1 is 1.29 bits per heavy atom. The Morgan fingerprint density at radius 2 is 2.14 bits per heavy atom. The Morgan fingerprint density at radius 3 is 2.79 bits per heavy atom. The average Bonchev–Trinajstić information content (AvgIpc) is 2.65. The normalized spacial score (nSPS) is 40.3. The van der Waals surface area contributed by atoms with Crippen molar-refractivity contribution in [2.24, 2.45) is 11.8 Å². The molecule has 2 fully saturated rings. The van der Waals surface area contributed by atoms with Crippen molar-refractivity contribution in [3.8, 4) is 0 Å². The molecule has 1 saturated heterocycles. The van der Waals surface area contributed by atoms with E-state index in [9.17, 15) is 5.11 Å². The van der Waals surface area contributed by atoms with Gasteiger partial charge in [0.15, 0.2) is 0 Å². The second-order valence-corrected chi connectivity index (χ2v) is 5.26. The van der Waals surface area contributed by atoms with E-state index in [-0.39, 0.29) is 0 Å². The lowest BCUT2D eigenvalue weighted by Gasteiger charge is -2.36. The molecule has 2 heteroatoms. The fraction of sp³-hybridized carbons (Fsp3) is 1.00. The fourth-order valence-corrected chi connectivity index (χ4v) is 3.09. The third kappa shape index (κ3) is 2.29. The van der Waals surface area contributed by atoms with Crippen LogP contribution in [0, 0.1) is 11.8 Å². The smallest absolute Gasteiger partial charge is 0.0471 e. The van der Waals surface area contributed by atoms with Crippen LogP contribution in [0.1, 0.15) is 39.0 Å². The zero-order valence-corrected chi connectivity index (χ0v) is 9.28. The minimum atomic E-state index is 0.388. The van der Waals surface area contributed by atoms with Crippen molar-refractivity contribution in [2.75, 3.05) is 19.7 Å². The van der Waals surface area contributed by atoms with Crippen molar-refractivity contribution < 1.29 is 5.11 Å². The molecule has 2 rings (SSSR count). The van der Waals surface area contributed by atoms with Crippen LogP contribution in [0.4, 0.5) is 0 Å². The van der Waals surface area contributed by atoms with Crippen LogP contribution in [0.25, 0.3) is 0 Å². The molecule has 1 N–H and O–H groups in total. The van der Waals surface area contributed by atoms with E-state index in [0.717, 1.165) is 18.5 Å². The lowest BCUT2D eigenvalue weighted by Crippen LogP contribution is -2.42. The average molecular weight is 197 g/mol. The second kappa shape index (κ2) is 4.63. The van der Waals surface area contributed by atoms with Gasteiger partial charge in [-0.25, -0.2) is 0 Å². The first-order valence-corrected chi connectivity index (χ1v) is 6.14. The van der Waals surface area contributed by atoms with Gasteiger partial charge in [0.2, 0.25) is 0 Å². The summed E-state index contributed by atoms with van der Waals surface area (Å²) in [5, 5.41) is 9.18. The molecule has 14 heavy (non-hydrogen) atoms. The van der Waals surface area contributed by atoms with Gasteiger partial charge in [0.25, 0.3) is 0 Å². The lowest BCUT2D eigenvalue weighted by atomic mass is 9.97. The molecule has 82 valence electrons. The molecule has 0 radical (unpaired) electrons. The van der Waals surface area contributed by atoms with Crippen molar-refractivity contribution in [2.45, 2.75) is 45.1 Å². The Bertz CT molecular complexity index is 183. The highest BCUT2D eigenvalue weighted by atomic mass is 16.3. The summed E-state index contributed by atoms with van der Waals surface area (Å²) in [6.45, 7) is 5.17. The van der Waals surface area contributed by atoms with E-state index in [2.05, 4.69) is 11.8 Å². The molecule has 2 aliphatic rings. The van der Waals surface area contributed by atoms with E-state index < -0.39 is 0 Å². The third-order valence-electron chi connectivity index (χ3n) is 3.99. The van der Waals surface area contributed by atoms with Crippen LogP contribution in [0.15, 0.2) is 0 Å². The van der Waals surface area contributed by atoms with E-state index in [1.807, 2.05) is 0 Å². The summed E-state index contributed by atoms with van der Waals surface area (Å²) in [6, 6.07) is 0.833. The van der Waals surface area contributed by atoms with Crippen molar-refractivity contribution in [3.63, 3.8) is 0 Å². The van der Waals surface area contributed by atoms with E-state index in [1.165, 1.54) is 38.6 Å². The summed E-state index contributed by atoms with van der Waals surface area (Å²) in [5.74, 6) is 1.48. The van der Waals surface area contributed by atoms with Gasteiger partial charge in [-0.15, -0.1) is 0 Å². The van der Waals surface area contributed by atoms with Gasteiger partial charge in [-0.1, -0.05) is 6.92 Å². The Labute approximate surface area is 87.3 Å². The van der Waals surface area contributed by atoms with E-state index in [4.69, 9.17) is 0 Å². The summed E-state index contributed by atoms with van der Waals surface area (Å²) in [4.78, 5) is 2.63. The molecule has 1 aliphatic carbocycles. The minimum Gasteiger partial charge on any atom is -0.396 e. The summed E-state index contributed by atoms with van der Waals surface area (Å²) in [7, 11) is 0. The molecule has 0 aromatic rings. The maximum atomic E-state index is 9.18. The molecule has 1 saturated carbocycles. The Kier molecular flexibility index (Phi) is 3.45. The van der Waals surface area contributed by atoms with Gasteiger partial charge in [0.05, 0.1) is 0 Å². The van der Waals surface area contributed by atoms with Gasteiger partial charge >= 0.3 is 0 Å². The fourth-order valence-electron chi connectivity index (χ4n) is 3.09. The zero-order valence-electron chi connectivity index (χ0n) is 9.28. The van der Waals surface area contributed by atoms with Gasteiger partial charge in [-0.3, -0.25) is 0 Å². The molecule has 0 aromatic heterocycles. The molecule has 3 atom stereocenters. The maximum absolute atomic E-state index is 9.18. The Balaban J connectivity index is 1.84. The summed E-state index contributed by atoms with van der Waals surface area (Å²) < 4.78 is 0. The van der Waals surface area contributed by atoms with E-state index >= 15 is 0 Å². The highest BCUT2D eigenvalue weighted by Crippen LogP contribution is 2.31. The molecule has 1 heterocycles. The van der Waals surface area contributed by atoms with Crippen molar-refractivity contribution in [1.29, 1.82) is 0 Å². The monoisotopic (exact) mass is 197 g/mol. The minimum absolute atomic E-state index is 0.388. The molecule has 0 unspecified atom stereocenters. The summed E-state index contributed by atoms with van der Waals surface area (Å²) in [6.07, 6.45) is 6.70. The molecule has 1 aliphatic heterocycles. The molecular weight excluding hydrogens is 174 g/mol. The van der Waals surface area contributed by atoms with Gasteiger partial charge < -0.3 is 10.0 Å². The van der Waals surface area contributed by atoms with E-state index in [0.29, 0.717) is 12.5 Å². The summed E-state index contributed by atoms with van der Waals surface area (Å²) >= 11 is 0. The molecular formula is C12H23NO. The van der Waals surface area contributed by atoms with Gasteiger partial charge in [0, 0.05) is 19.2 Å². The SMILES string of the molecule is C[C@@H]1CC[C@H](N2CCC[C@@H](CO)C2)C1. The van der Waals surface area contributed by atoms with Gasteiger partial charge in [0.1, 0.15) is 0 Å². The standard InChI is InChI=1S/C12H23NO/c1-10-4-5-12(7-10)13-6-2-3-11(8-13)9-14/h10-12,14H,2-9H2,1H3/t10-,11-,12+/m1/s1. The zero-order chi connectivity index (χ0) is 9.97. The topological polar surface area (TPSA) is 23.5 Å². The Hall–Kier alpha value is -0.0800. The number of hydrogen-bond donors (Lipinski definition) is 1. The highest BCUT2D eigenvalue weighted by molar-refractivity contribution is 4.84. The number of hydrogen-bond acceptors (Lipinski definition) is 2. The van der Waals surface area contributed by atoms with Gasteiger partial charge in [-0.2, -0.15) is 0 Å². The predicted molar refractivity (Wildman–Crippen MR) is 58.2 cm³/mol. The van der Waals surface area contributed by atoms with Crippen LogP contribution >= 0.6 is 0 Å². The van der Waals surface area contributed by atoms with Crippen LogP contribution in [-0.2, 0) is 0 Å². The highest BCUT2D eigenvalue weighted by Gasteiger charge is 2.30. The maximum Gasteiger partial charge on any atom is 0.0471 e. The predicted octanol–water partition coefficient (Wildman–Crippen LogP) is 1.88. The number of aliphatic hydroxyl groups excluding tert-OH is 1. The quantitative estimate of drug-likeness (QED) is 0.730. The van der Waals surface area contributed by atoms with Crippen LogP contribution < -0.4 is 0 Å². The van der Waals surface area contributed by atoms with Crippen LogP contribution in [0.5, 0.6) is 0 Å². The first-order chi connectivity index (χ1) is 6.79. The van der Waals surface area contributed by atoms with Crippen molar-refractivity contribution in [1.82, 2.24) is 4.90 Å². The van der Waals surface area contributed by atoms with Gasteiger partial charge in [-0.05, 0) is 50.5 Å². The van der Waals surface area contributed by atoms with Crippen molar-refractivity contribution >= 4 is 0 Å². The van der Waals surface area contributed by atoms with Crippen LogP contribution in [0.2, 0.25) is 0 Å². The van der Waals surface area contributed by atoms with Crippen LogP contribution in [0.3, 0.4) is 0 Å². The first-order valence-electron chi connectivity index (χ1n) is 6.14.